The van der Waals surface area contributed by atoms with E-state index in [0.29, 0.717) is 11.5 Å². The number of hydrogen-bond acceptors (Lipinski definition) is 1. The summed E-state index contributed by atoms with van der Waals surface area (Å²) in [5, 5.41) is 2.16. The standard InChI is InChI=1S/C19H18FN3/c1-13-12-15(10-11-17(13)20)23(2)19(21)22-18-9-5-7-14-6-3-4-8-16(14)18/h3-12H,1-2H3,(H2,21,22). The number of nitrogens with two attached hydrogens (primary N) is 1. The number of nitrogens with zero attached hydrogens (tertiary/aromatic N) is 2. The van der Waals surface area contributed by atoms with Gasteiger partial charge >= 0.3 is 0 Å². The van der Waals surface area contributed by atoms with Crippen LogP contribution in [0.15, 0.2) is 65.7 Å². The van der Waals surface area contributed by atoms with Gasteiger partial charge in [0.25, 0.3) is 0 Å². The summed E-state index contributed by atoms with van der Waals surface area (Å²) in [5.41, 5.74) is 8.33. The first-order valence-electron chi connectivity index (χ1n) is 7.38. The summed E-state index contributed by atoms with van der Waals surface area (Å²) in [5.74, 6) is 0.124. The maximum atomic E-state index is 13.4. The first kappa shape index (κ1) is 15.0. The van der Waals surface area contributed by atoms with Crippen LogP contribution in [0.1, 0.15) is 5.56 Å². The van der Waals surface area contributed by atoms with Gasteiger partial charge in [-0.15, -0.1) is 0 Å². The number of fused-ring (bicyclic) bond motifs is 1. The van der Waals surface area contributed by atoms with E-state index < -0.39 is 0 Å². The molecule has 0 heterocycles. The normalized spacial score (nSPS) is 11.7. The minimum absolute atomic E-state index is 0.230. The SMILES string of the molecule is Cc1cc(N(C)C(N)=Nc2cccc3ccccc23)ccc1F. The summed E-state index contributed by atoms with van der Waals surface area (Å²) >= 11 is 0. The van der Waals surface area contributed by atoms with Gasteiger partial charge in [-0.3, -0.25) is 0 Å². The van der Waals surface area contributed by atoms with Gasteiger partial charge in [0, 0.05) is 18.1 Å². The fraction of sp³-hybridized carbons (Fsp3) is 0.105. The largest absolute Gasteiger partial charge is 0.369 e. The number of anilines is 1. The van der Waals surface area contributed by atoms with E-state index in [1.54, 1.807) is 24.0 Å². The average molecular weight is 307 g/mol. The fourth-order valence-electron chi connectivity index (χ4n) is 2.47. The highest BCUT2D eigenvalue weighted by Crippen LogP contribution is 2.26. The van der Waals surface area contributed by atoms with Crippen molar-refractivity contribution in [2.24, 2.45) is 10.7 Å². The molecule has 3 aromatic carbocycles. The minimum Gasteiger partial charge on any atom is -0.369 e. The minimum atomic E-state index is -0.230. The van der Waals surface area contributed by atoms with Crippen LogP contribution >= 0.6 is 0 Å². The predicted octanol–water partition coefficient (Wildman–Crippen LogP) is 4.37. The van der Waals surface area contributed by atoms with E-state index in [1.165, 1.54) is 6.07 Å². The van der Waals surface area contributed by atoms with Gasteiger partial charge in [0.05, 0.1) is 5.69 Å². The van der Waals surface area contributed by atoms with E-state index >= 15 is 0 Å². The molecule has 4 heteroatoms. The van der Waals surface area contributed by atoms with Crippen LogP contribution in [0.5, 0.6) is 0 Å². The lowest BCUT2D eigenvalue weighted by atomic mass is 10.1. The second kappa shape index (κ2) is 6.08. The Morgan fingerprint density at radius 1 is 1.04 bits per heavy atom. The highest BCUT2D eigenvalue weighted by atomic mass is 19.1. The average Bonchev–Trinajstić information content (AvgIpc) is 2.57. The monoisotopic (exact) mass is 307 g/mol. The molecule has 0 atom stereocenters. The van der Waals surface area contributed by atoms with Gasteiger partial charge in [0.1, 0.15) is 5.82 Å². The van der Waals surface area contributed by atoms with Gasteiger partial charge in [0.2, 0.25) is 5.96 Å². The van der Waals surface area contributed by atoms with E-state index in [2.05, 4.69) is 4.99 Å². The molecule has 23 heavy (non-hydrogen) atoms. The summed E-state index contributed by atoms with van der Waals surface area (Å²) in [4.78, 5) is 6.29. The maximum Gasteiger partial charge on any atom is 0.200 e. The molecule has 0 saturated carbocycles. The van der Waals surface area contributed by atoms with Gasteiger partial charge in [0.15, 0.2) is 0 Å². The van der Waals surface area contributed by atoms with Gasteiger partial charge in [-0.2, -0.15) is 0 Å². The molecule has 3 nitrogen and oxygen atoms in total. The third-order valence-electron chi connectivity index (χ3n) is 3.87. The Morgan fingerprint density at radius 2 is 1.78 bits per heavy atom. The van der Waals surface area contributed by atoms with Crippen LogP contribution in [0.3, 0.4) is 0 Å². The van der Waals surface area contributed by atoms with Gasteiger partial charge in [-0.05, 0) is 42.1 Å². The van der Waals surface area contributed by atoms with Crippen LogP contribution in [-0.2, 0) is 0 Å². The molecular formula is C19H18FN3. The number of aliphatic imine (C=N–C) groups is 1. The van der Waals surface area contributed by atoms with Crippen molar-refractivity contribution in [1.29, 1.82) is 0 Å². The summed E-state index contributed by atoms with van der Waals surface area (Å²) in [6.45, 7) is 1.73. The molecular weight excluding hydrogens is 289 g/mol. The third kappa shape index (κ3) is 3.01. The van der Waals surface area contributed by atoms with Crippen molar-refractivity contribution < 1.29 is 4.39 Å². The zero-order valence-electron chi connectivity index (χ0n) is 13.1. The van der Waals surface area contributed by atoms with Crippen LogP contribution in [-0.4, -0.2) is 13.0 Å². The van der Waals surface area contributed by atoms with Crippen molar-refractivity contribution in [1.82, 2.24) is 0 Å². The van der Waals surface area contributed by atoms with Crippen molar-refractivity contribution in [3.8, 4) is 0 Å². The first-order chi connectivity index (χ1) is 11.1. The highest BCUT2D eigenvalue weighted by molar-refractivity contribution is 6.00. The lowest BCUT2D eigenvalue weighted by Gasteiger charge is -2.19. The van der Waals surface area contributed by atoms with Crippen molar-refractivity contribution >= 4 is 28.1 Å². The van der Waals surface area contributed by atoms with Crippen LogP contribution in [0.25, 0.3) is 10.8 Å². The number of rotatable bonds is 2. The molecule has 2 N–H and O–H groups in total. The molecule has 3 aromatic rings. The molecule has 0 fully saturated rings. The van der Waals surface area contributed by atoms with Crippen LogP contribution in [0.2, 0.25) is 0 Å². The maximum absolute atomic E-state index is 13.4. The molecule has 0 aromatic heterocycles. The van der Waals surface area contributed by atoms with Gasteiger partial charge in [-0.1, -0.05) is 36.4 Å². The molecule has 0 amide bonds. The molecule has 116 valence electrons. The number of guanidine groups is 1. The summed E-state index contributed by atoms with van der Waals surface area (Å²) in [6, 6.07) is 18.8. The second-order valence-corrected chi connectivity index (χ2v) is 5.46. The van der Waals surface area contributed by atoms with E-state index in [0.717, 1.165) is 22.1 Å². The Morgan fingerprint density at radius 3 is 2.57 bits per heavy atom. The summed E-state index contributed by atoms with van der Waals surface area (Å²) in [7, 11) is 1.82. The van der Waals surface area contributed by atoms with Crippen molar-refractivity contribution in [2.45, 2.75) is 6.92 Å². The number of aryl methyl sites for hydroxylation is 1. The first-order valence-corrected chi connectivity index (χ1v) is 7.38. The molecule has 0 aliphatic carbocycles. The molecule has 3 rings (SSSR count). The molecule has 0 aliphatic rings. The van der Waals surface area contributed by atoms with Crippen molar-refractivity contribution in [3.63, 3.8) is 0 Å². The Labute approximate surface area is 134 Å². The van der Waals surface area contributed by atoms with E-state index in [4.69, 9.17) is 5.73 Å². The molecule has 0 spiro atoms. The molecule has 0 unspecified atom stereocenters. The Kier molecular flexibility index (Phi) is 3.98. The molecule has 0 bridgehead atoms. The van der Waals surface area contributed by atoms with Crippen LogP contribution in [0.4, 0.5) is 15.8 Å². The Hall–Kier alpha value is -2.88. The number of hydrogen-bond donors (Lipinski definition) is 1. The van der Waals surface area contributed by atoms with E-state index in [1.807, 2.05) is 49.5 Å². The van der Waals surface area contributed by atoms with Gasteiger partial charge in [-0.25, -0.2) is 9.38 Å². The zero-order chi connectivity index (χ0) is 16.4. The van der Waals surface area contributed by atoms with Crippen molar-refractivity contribution in [3.05, 3.63) is 72.0 Å². The Bertz CT molecular complexity index is 881. The zero-order valence-corrected chi connectivity index (χ0v) is 13.1. The lowest BCUT2D eigenvalue weighted by molar-refractivity contribution is 0.618. The van der Waals surface area contributed by atoms with E-state index in [9.17, 15) is 4.39 Å². The van der Waals surface area contributed by atoms with Crippen molar-refractivity contribution in [2.75, 3.05) is 11.9 Å². The number of halogens is 1. The Balaban J connectivity index is 1.99. The second-order valence-electron chi connectivity index (χ2n) is 5.46. The smallest absolute Gasteiger partial charge is 0.200 e. The van der Waals surface area contributed by atoms with Gasteiger partial charge < -0.3 is 10.6 Å². The van der Waals surface area contributed by atoms with E-state index in [-0.39, 0.29) is 5.82 Å². The van der Waals surface area contributed by atoms with Crippen LogP contribution < -0.4 is 10.6 Å². The lowest BCUT2D eigenvalue weighted by Crippen LogP contribution is -2.33. The number of benzene rings is 3. The fourth-order valence-corrected chi connectivity index (χ4v) is 2.47. The quantitative estimate of drug-likeness (QED) is 0.564. The third-order valence-corrected chi connectivity index (χ3v) is 3.87. The highest BCUT2D eigenvalue weighted by Gasteiger charge is 2.08. The molecule has 0 saturated heterocycles. The molecule has 0 aliphatic heterocycles. The predicted molar refractivity (Wildman–Crippen MR) is 94.8 cm³/mol. The summed E-state index contributed by atoms with van der Waals surface area (Å²) in [6.07, 6.45) is 0. The molecule has 0 radical (unpaired) electrons. The summed E-state index contributed by atoms with van der Waals surface area (Å²) < 4.78 is 13.4. The van der Waals surface area contributed by atoms with Crippen LogP contribution in [0, 0.1) is 12.7 Å². The topological polar surface area (TPSA) is 41.6 Å².